The molecule has 1 saturated heterocycles. The Morgan fingerprint density at radius 3 is 2.00 bits per heavy atom. The van der Waals surface area contributed by atoms with Crippen LogP contribution in [0.3, 0.4) is 0 Å². The number of carbonyl (C=O) groups excluding carboxylic acids is 3. The van der Waals surface area contributed by atoms with Crippen LogP contribution in [0.15, 0.2) is 0 Å². The van der Waals surface area contributed by atoms with Crippen molar-refractivity contribution in [2.24, 2.45) is 0 Å². The summed E-state index contributed by atoms with van der Waals surface area (Å²) in [6.45, 7) is 4.50. The molecule has 0 aromatic heterocycles. The molecule has 2 atom stereocenters. The summed E-state index contributed by atoms with van der Waals surface area (Å²) in [4.78, 5) is 34.9. The Hall–Kier alpha value is -1.24. The Bertz CT molecular complexity index is 455. The van der Waals surface area contributed by atoms with Crippen LogP contribution in [0.5, 0.6) is 0 Å². The number of ether oxygens (including phenoxy) is 1. The van der Waals surface area contributed by atoms with Crippen molar-refractivity contribution in [3.8, 4) is 0 Å². The maximum atomic E-state index is 11.9. The van der Waals surface area contributed by atoms with Gasteiger partial charge in [0.2, 0.25) is 0 Å². The first-order valence-corrected chi connectivity index (χ1v) is 9.32. The summed E-state index contributed by atoms with van der Waals surface area (Å²) in [5.41, 5.74) is 0. The van der Waals surface area contributed by atoms with Crippen molar-refractivity contribution in [3.05, 3.63) is 0 Å². The van der Waals surface area contributed by atoms with Crippen LogP contribution in [0.2, 0.25) is 0 Å². The van der Waals surface area contributed by atoms with E-state index in [0.29, 0.717) is 0 Å². The molecule has 0 amide bonds. The Kier molecular flexibility index (Phi) is 5.36. The SMILES string of the molecule is CC(=O)O[PH]1(OC(=O)C(=O)OC(C)C)NC2CCCCC2N1. The van der Waals surface area contributed by atoms with Gasteiger partial charge in [0.1, 0.15) is 0 Å². The summed E-state index contributed by atoms with van der Waals surface area (Å²) < 4.78 is 15.3. The molecule has 0 aromatic rings. The number of nitrogens with one attached hydrogen (secondary N) is 2. The molecule has 0 aromatic carbocycles. The van der Waals surface area contributed by atoms with E-state index < -0.39 is 32.0 Å². The van der Waals surface area contributed by atoms with Crippen molar-refractivity contribution < 1.29 is 28.2 Å². The topological polar surface area (TPSA) is 103 Å². The third-order valence-electron chi connectivity index (χ3n) is 3.55. The number of hydrogen-bond acceptors (Lipinski definition) is 8. The summed E-state index contributed by atoms with van der Waals surface area (Å²) in [5.74, 6) is -2.82. The van der Waals surface area contributed by atoms with Crippen LogP contribution in [-0.4, -0.2) is 36.1 Å². The number of hydrogen-bond donors (Lipinski definition) is 2. The van der Waals surface area contributed by atoms with E-state index in [1.165, 1.54) is 6.92 Å². The van der Waals surface area contributed by atoms with Gasteiger partial charge in [0.05, 0.1) is 0 Å². The fourth-order valence-electron chi connectivity index (χ4n) is 2.78. The van der Waals surface area contributed by atoms with Gasteiger partial charge in [-0.15, -0.1) is 0 Å². The second kappa shape index (κ2) is 6.89. The van der Waals surface area contributed by atoms with Crippen molar-refractivity contribution in [2.75, 3.05) is 0 Å². The van der Waals surface area contributed by atoms with Crippen molar-refractivity contribution in [1.82, 2.24) is 10.2 Å². The van der Waals surface area contributed by atoms with E-state index >= 15 is 0 Å². The van der Waals surface area contributed by atoms with Crippen LogP contribution in [0.25, 0.3) is 0 Å². The summed E-state index contributed by atoms with van der Waals surface area (Å²) in [6, 6.07) is 0.155. The van der Waals surface area contributed by atoms with Gasteiger partial charge in [0.15, 0.2) is 0 Å². The van der Waals surface area contributed by atoms with E-state index in [-0.39, 0.29) is 12.1 Å². The van der Waals surface area contributed by atoms with E-state index in [4.69, 9.17) is 13.8 Å². The molecule has 8 nitrogen and oxygen atoms in total. The first-order valence-electron chi connectivity index (χ1n) is 7.50. The van der Waals surface area contributed by atoms with Crippen LogP contribution in [0, 0.1) is 0 Å². The molecular formula is C13H23N2O6P. The molecule has 2 fully saturated rings. The van der Waals surface area contributed by atoms with Crippen molar-refractivity contribution in [3.63, 3.8) is 0 Å². The molecule has 2 aliphatic rings. The molecule has 126 valence electrons. The summed E-state index contributed by atoms with van der Waals surface area (Å²) >= 11 is 0. The molecule has 2 N–H and O–H groups in total. The van der Waals surface area contributed by atoms with Gasteiger partial charge < -0.3 is 0 Å². The van der Waals surface area contributed by atoms with Gasteiger partial charge in [0.25, 0.3) is 0 Å². The van der Waals surface area contributed by atoms with Crippen LogP contribution in [0.1, 0.15) is 46.5 Å². The van der Waals surface area contributed by atoms with Gasteiger partial charge in [-0.05, 0) is 0 Å². The predicted molar refractivity (Wildman–Crippen MR) is 79.7 cm³/mol. The monoisotopic (exact) mass is 334 g/mol. The first-order chi connectivity index (χ1) is 10.3. The minimum atomic E-state index is -3.50. The zero-order valence-electron chi connectivity index (χ0n) is 13.0. The molecule has 22 heavy (non-hydrogen) atoms. The molecule has 1 heterocycles. The molecule has 0 radical (unpaired) electrons. The zero-order valence-corrected chi connectivity index (χ0v) is 14.0. The van der Waals surface area contributed by atoms with E-state index in [1.807, 2.05) is 0 Å². The Morgan fingerprint density at radius 2 is 1.55 bits per heavy atom. The van der Waals surface area contributed by atoms with Crippen LogP contribution in [0.4, 0.5) is 0 Å². The summed E-state index contributed by atoms with van der Waals surface area (Å²) in [6.07, 6.45) is 3.50. The predicted octanol–water partition coefficient (Wildman–Crippen LogP) is 0.958. The fourth-order valence-corrected chi connectivity index (χ4v) is 5.56. The molecular weight excluding hydrogens is 311 g/mol. The molecule has 1 aliphatic heterocycles. The van der Waals surface area contributed by atoms with E-state index in [9.17, 15) is 14.4 Å². The van der Waals surface area contributed by atoms with Crippen LogP contribution >= 0.6 is 8.02 Å². The Morgan fingerprint density at radius 1 is 1.00 bits per heavy atom. The third kappa shape index (κ3) is 4.15. The van der Waals surface area contributed by atoms with E-state index in [2.05, 4.69) is 10.2 Å². The second-order valence-electron chi connectivity index (χ2n) is 5.84. The number of rotatable bonds is 3. The minimum absolute atomic E-state index is 0.0775. The van der Waals surface area contributed by atoms with Crippen molar-refractivity contribution in [1.29, 1.82) is 0 Å². The van der Waals surface area contributed by atoms with Gasteiger partial charge >= 0.3 is 129 Å². The quantitative estimate of drug-likeness (QED) is 0.447. The van der Waals surface area contributed by atoms with Crippen LogP contribution < -0.4 is 10.2 Å². The zero-order chi connectivity index (χ0) is 16.3. The average molecular weight is 334 g/mol. The first kappa shape index (κ1) is 17.1. The maximum absolute atomic E-state index is 11.9. The summed E-state index contributed by atoms with van der Waals surface area (Å²) in [5, 5.41) is 6.22. The normalized spacial score (nSPS) is 27.6. The molecule has 1 saturated carbocycles. The number of fused-ring (bicyclic) bond motifs is 1. The molecule has 2 rings (SSSR count). The molecule has 0 spiro atoms. The second-order valence-corrected chi connectivity index (χ2v) is 8.06. The Labute approximate surface area is 129 Å². The van der Waals surface area contributed by atoms with Crippen molar-refractivity contribution in [2.45, 2.75) is 64.6 Å². The molecule has 2 unspecified atom stereocenters. The van der Waals surface area contributed by atoms with Gasteiger partial charge in [-0.3, -0.25) is 0 Å². The van der Waals surface area contributed by atoms with Gasteiger partial charge in [-0.2, -0.15) is 0 Å². The Balaban J connectivity index is 2.08. The standard InChI is InChI=1S/C13H23N2O6P/c1-8(2)19-12(17)13(18)21-22(20-9(3)16)14-10-6-4-5-7-11(10)15-22/h8,10-11,14-15,22H,4-7H2,1-3H3. The third-order valence-corrected chi connectivity index (χ3v) is 6.10. The summed E-state index contributed by atoms with van der Waals surface area (Å²) in [7, 11) is -3.50. The fraction of sp³-hybridized carbons (Fsp3) is 0.769. The van der Waals surface area contributed by atoms with Crippen LogP contribution in [-0.2, 0) is 28.2 Å². The van der Waals surface area contributed by atoms with Crippen molar-refractivity contribution >= 4 is 25.9 Å². The van der Waals surface area contributed by atoms with Gasteiger partial charge in [-0.25, -0.2) is 0 Å². The van der Waals surface area contributed by atoms with Gasteiger partial charge in [-0.1, -0.05) is 0 Å². The molecule has 0 bridgehead atoms. The molecule has 9 heteroatoms. The van der Waals surface area contributed by atoms with Gasteiger partial charge in [0, 0.05) is 0 Å². The van der Waals surface area contributed by atoms with E-state index in [1.54, 1.807) is 13.8 Å². The number of esters is 1. The number of carbonyl (C=O) groups is 3. The average Bonchev–Trinajstić information content (AvgIpc) is 2.74. The molecule has 1 aliphatic carbocycles. The van der Waals surface area contributed by atoms with E-state index in [0.717, 1.165) is 25.7 Å².